The standard InChI is InChI=1S/C17H25N3O2S.ClH/c1-13(2)20(14(3)4)11-10-19-23(21,22)17-7-5-6-15-12-18-9-8-16(15)17;/h5-9,12-14,19H,10-11H2,1-4H3;1H. The highest BCUT2D eigenvalue weighted by Crippen LogP contribution is 2.21. The van der Waals surface area contributed by atoms with Crippen LogP contribution in [0.4, 0.5) is 0 Å². The van der Waals surface area contributed by atoms with E-state index >= 15 is 0 Å². The van der Waals surface area contributed by atoms with Crippen molar-refractivity contribution in [3.05, 3.63) is 36.7 Å². The summed E-state index contributed by atoms with van der Waals surface area (Å²) in [6.45, 7) is 9.54. The Bertz CT molecular complexity index is 750. The van der Waals surface area contributed by atoms with Gasteiger partial charge in [0.15, 0.2) is 0 Å². The Kier molecular flexibility index (Phi) is 7.60. The van der Waals surface area contributed by atoms with Crippen LogP contribution in [-0.2, 0) is 10.0 Å². The van der Waals surface area contributed by atoms with Crippen molar-refractivity contribution < 1.29 is 8.42 Å². The van der Waals surface area contributed by atoms with Gasteiger partial charge in [0.25, 0.3) is 0 Å². The molecule has 1 aromatic carbocycles. The quantitative estimate of drug-likeness (QED) is 0.812. The lowest BCUT2D eigenvalue weighted by Crippen LogP contribution is -2.42. The molecule has 0 aliphatic carbocycles. The highest BCUT2D eigenvalue weighted by Gasteiger charge is 2.18. The lowest BCUT2D eigenvalue weighted by molar-refractivity contribution is 0.179. The first-order valence-electron chi connectivity index (χ1n) is 7.91. The van der Waals surface area contributed by atoms with Crippen molar-refractivity contribution in [2.45, 2.75) is 44.7 Å². The number of rotatable bonds is 7. The normalized spacial score (nSPS) is 12.1. The Morgan fingerprint density at radius 3 is 2.42 bits per heavy atom. The maximum Gasteiger partial charge on any atom is 0.241 e. The largest absolute Gasteiger partial charge is 0.297 e. The summed E-state index contributed by atoms with van der Waals surface area (Å²) in [5.74, 6) is 0. The molecule has 0 aliphatic rings. The molecule has 0 radical (unpaired) electrons. The second kappa shape index (κ2) is 8.76. The van der Waals surface area contributed by atoms with E-state index in [4.69, 9.17) is 0 Å². The summed E-state index contributed by atoms with van der Waals surface area (Å²) in [5.41, 5.74) is 0. The van der Waals surface area contributed by atoms with Crippen LogP contribution in [0.3, 0.4) is 0 Å². The molecule has 2 aromatic rings. The fraction of sp³-hybridized carbons (Fsp3) is 0.471. The highest BCUT2D eigenvalue weighted by molar-refractivity contribution is 7.89. The number of fused-ring (bicyclic) bond motifs is 1. The van der Waals surface area contributed by atoms with Crippen LogP contribution < -0.4 is 4.72 Å². The van der Waals surface area contributed by atoms with Crippen LogP contribution in [-0.4, -0.2) is 43.5 Å². The van der Waals surface area contributed by atoms with E-state index in [1.165, 1.54) is 0 Å². The van der Waals surface area contributed by atoms with Gasteiger partial charge in [0.1, 0.15) is 0 Å². The van der Waals surface area contributed by atoms with Crippen LogP contribution in [0.1, 0.15) is 27.7 Å². The van der Waals surface area contributed by atoms with Crippen molar-refractivity contribution in [1.82, 2.24) is 14.6 Å². The third-order valence-corrected chi connectivity index (χ3v) is 5.44. The minimum absolute atomic E-state index is 0. The van der Waals surface area contributed by atoms with E-state index in [2.05, 4.69) is 42.3 Å². The van der Waals surface area contributed by atoms with Crippen LogP contribution in [0.25, 0.3) is 10.8 Å². The SMILES string of the molecule is CC(C)N(CCNS(=O)(=O)c1cccc2cnccc12)C(C)C.Cl. The molecule has 2 rings (SSSR count). The van der Waals surface area contributed by atoms with Crippen LogP contribution in [0.2, 0.25) is 0 Å². The summed E-state index contributed by atoms with van der Waals surface area (Å²) in [6.07, 6.45) is 3.29. The number of nitrogens with zero attached hydrogens (tertiary/aromatic N) is 2. The fourth-order valence-electron chi connectivity index (χ4n) is 2.83. The van der Waals surface area contributed by atoms with Gasteiger partial charge in [-0.3, -0.25) is 9.88 Å². The smallest absolute Gasteiger partial charge is 0.241 e. The molecule has 1 heterocycles. The van der Waals surface area contributed by atoms with Crippen LogP contribution in [0.5, 0.6) is 0 Å². The molecule has 0 aliphatic heterocycles. The first-order valence-corrected chi connectivity index (χ1v) is 9.39. The molecule has 0 bridgehead atoms. The van der Waals surface area contributed by atoms with E-state index < -0.39 is 10.0 Å². The van der Waals surface area contributed by atoms with Gasteiger partial charge in [0, 0.05) is 48.3 Å². The summed E-state index contributed by atoms with van der Waals surface area (Å²) < 4.78 is 28.0. The summed E-state index contributed by atoms with van der Waals surface area (Å²) in [7, 11) is -3.54. The highest BCUT2D eigenvalue weighted by atomic mass is 35.5. The van der Waals surface area contributed by atoms with E-state index in [0.717, 1.165) is 5.39 Å². The fourth-order valence-corrected chi connectivity index (χ4v) is 4.08. The van der Waals surface area contributed by atoms with Gasteiger partial charge in [0.05, 0.1) is 4.90 Å². The maximum atomic E-state index is 12.6. The van der Waals surface area contributed by atoms with Gasteiger partial charge in [-0.2, -0.15) is 0 Å². The number of nitrogens with one attached hydrogen (secondary N) is 1. The molecule has 0 amide bonds. The molecular formula is C17H26ClN3O2S. The van der Waals surface area contributed by atoms with Crippen molar-refractivity contribution >= 4 is 33.2 Å². The average molecular weight is 372 g/mol. The van der Waals surface area contributed by atoms with E-state index in [-0.39, 0.29) is 12.4 Å². The summed E-state index contributed by atoms with van der Waals surface area (Å²) in [5, 5.41) is 1.51. The number of aromatic nitrogens is 1. The van der Waals surface area contributed by atoms with Crippen LogP contribution in [0, 0.1) is 0 Å². The molecule has 134 valence electrons. The maximum absolute atomic E-state index is 12.6. The third-order valence-electron chi connectivity index (χ3n) is 3.92. The summed E-state index contributed by atoms with van der Waals surface area (Å²) >= 11 is 0. The third kappa shape index (κ3) is 4.89. The van der Waals surface area contributed by atoms with Gasteiger partial charge in [-0.15, -0.1) is 12.4 Å². The van der Waals surface area contributed by atoms with Crippen molar-refractivity contribution in [2.75, 3.05) is 13.1 Å². The van der Waals surface area contributed by atoms with Gasteiger partial charge in [-0.1, -0.05) is 12.1 Å². The first-order chi connectivity index (χ1) is 10.8. The second-order valence-electron chi connectivity index (χ2n) is 6.18. The Balaban J connectivity index is 0.00000288. The zero-order chi connectivity index (χ0) is 17.0. The zero-order valence-corrected chi connectivity index (χ0v) is 16.2. The number of hydrogen-bond donors (Lipinski definition) is 1. The molecule has 5 nitrogen and oxygen atoms in total. The molecule has 0 fully saturated rings. The molecule has 1 aromatic heterocycles. The molecule has 0 spiro atoms. The molecular weight excluding hydrogens is 346 g/mol. The lowest BCUT2D eigenvalue weighted by atomic mass is 10.2. The van der Waals surface area contributed by atoms with Gasteiger partial charge < -0.3 is 0 Å². The van der Waals surface area contributed by atoms with Gasteiger partial charge in [0.2, 0.25) is 10.0 Å². The van der Waals surface area contributed by atoms with Gasteiger partial charge in [-0.25, -0.2) is 13.1 Å². The van der Waals surface area contributed by atoms with E-state index in [1.807, 2.05) is 6.07 Å². The van der Waals surface area contributed by atoms with Crippen LogP contribution in [0.15, 0.2) is 41.6 Å². The molecule has 24 heavy (non-hydrogen) atoms. The van der Waals surface area contributed by atoms with Crippen molar-refractivity contribution in [2.24, 2.45) is 0 Å². The number of sulfonamides is 1. The minimum Gasteiger partial charge on any atom is -0.297 e. The van der Waals surface area contributed by atoms with Gasteiger partial charge in [-0.05, 0) is 39.8 Å². The molecule has 7 heteroatoms. The number of hydrogen-bond acceptors (Lipinski definition) is 4. The predicted octanol–water partition coefficient (Wildman–Crippen LogP) is 3.05. The first kappa shape index (κ1) is 20.8. The minimum atomic E-state index is -3.54. The number of halogens is 1. The number of benzene rings is 1. The van der Waals surface area contributed by atoms with Crippen LogP contribution >= 0.6 is 12.4 Å². The van der Waals surface area contributed by atoms with Crippen molar-refractivity contribution in [1.29, 1.82) is 0 Å². The Labute approximate surface area is 150 Å². The monoisotopic (exact) mass is 371 g/mol. The van der Waals surface area contributed by atoms with E-state index in [0.29, 0.717) is 35.5 Å². The van der Waals surface area contributed by atoms with Gasteiger partial charge >= 0.3 is 0 Å². The molecule has 1 N–H and O–H groups in total. The Hall–Kier alpha value is -1.21. The second-order valence-corrected chi connectivity index (χ2v) is 7.91. The average Bonchev–Trinajstić information content (AvgIpc) is 2.50. The molecule has 0 saturated carbocycles. The lowest BCUT2D eigenvalue weighted by Gasteiger charge is -2.30. The Morgan fingerprint density at radius 2 is 1.79 bits per heavy atom. The zero-order valence-electron chi connectivity index (χ0n) is 14.6. The van der Waals surface area contributed by atoms with Crippen molar-refractivity contribution in [3.63, 3.8) is 0 Å². The summed E-state index contributed by atoms with van der Waals surface area (Å²) in [6, 6.07) is 7.73. The van der Waals surface area contributed by atoms with Crippen molar-refractivity contribution in [3.8, 4) is 0 Å². The topological polar surface area (TPSA) is 62.3 Å². The Morgan fingerprint density at radius 1 is 1.12 bits per heavy atom. The van der Waals surface area contributed by atoms with E-state index in [1.54, 1.807) is 30.6 Å². The molecule has 0 atom stereocenters. The molecule has 0 saturated heterocycles. The number of pyridine rings is 1. The van der Waals surface area contributed by atoms with E-state index in [9.17, 15) is 8.42 Å². The predicted molar refractivity (Wildman–Crippen MR) is 101 cm³/mol. The summed E-state index contributed by atoms with van der Waals surface area (Å²) in [4.78, 5) is 6.60. The molecule has 0 unspecified atom stereocenters.